The smallest absolute Gasteiger partial charge is 0.264 e. The van der Waals surface area contributed by atoms with E-state index in [-0.39, 0.29) is 29.0 Å². The van der Waals surface area contributed by atoms with Gasteiger partial charge in [0.2, 0.25) is 5.91 Å². The third-order valence-corrected chi connectivity index (χ3v) is 6.17. The maximum absolute atomic E-state index is 13.9. The highest BCUT2D eigenvalue weighted by molar-refractivity contribution is 9.10. The monoisotopic (exact) mass is 516 g/mol. The zero-order valence-corrected chi connectivity index (χ0v) is 20.1. The molecule has 4 aromatic rings. The molecule has 172 valence electrons. The molecule has 3 heterocycles. The maximum atomic E-state index is 13.9. The van der Waals surface area contributed by atoms with Crippen molar-refractivity contribution >= 4 is 32.9 Å². The van der Waals surface area contributed by atoms with Crippen molar-refractivity contribution in [2.75, 3.05) is 7.05 Å². The lowest BCUT2D eigenvalue weighted by Gasteiger charge is -2.18. The molecule has 1 aromatic carbocycles. The number of benzene rings is 1. The van der Waals surface area contributed by atoms with Crippen LogP contribution in [0.25, 0.3) is 22.3 Å². The minimum Gasteiger partial charge on any atom is -0.338 e. The number of carbonyl (C=O) groups excluding carboxylic acids is 1. The molecule has 0 aliphatic heterocycles. The Morgan fingerprint density at radius 1 is 1.21 bits per heavy atom. The lowest BCUT2D eigenvalue weighted by Crippen LogP contribution is -2.31. The number of carbonyl (C=O) groups is 1. The number of amides is 1. The normalized spacial score (nSPS) is 11.5. The Bertz CT molecular complexity index is 1300. The number of pyridine rings is 1. The molecule has 3 aromatic heterocycles. The first kappa shape index (κ1) is 23.0. The average molecular weight is 517 g/mol. The number of hydrogen-bond donors (Lipinski definition) is 0. The van der Waals surface area contributed by atoms with Crippen molar-refractivity contribution in [3.8, 4) is 11.3 Å². The van der Waals surface area contributed by atoms with E-state index in [1.165, 1.54) is 10.7 Å². The van der Waals surface area contributed by atoms with E-state index in [0.29, 0.717) is 30.0 Å². The average Bonchev–Trinajstić information content (AvgIpc) is 3.32. The van der Waals surface area contributed by atoms with Gasteiger partial charge in [-0.25, -0.2) is 18.4 Å². The number of alkyl halides is 2. The molecule has 0 aliphatic rings. The summed E-state index contributed by atoms with van der Waals surface area (Å²) in [5, 5.41) is 8.94. The number of fused-ring (bicyclic) bond motifs is 1. The highest BCUT2D eigenvalue weighted by Gasteiger charge is 2.23. The van der Waals surface area contributed by atoms with E-state index in [0.717, 1.165) is 10.2 Å². The van der Waals surface area contributed by atoms with Crippen LogP contribution < -0.4 is 0 Å². The number of likely N-dealkylation sites (N-methyl/N-ethyl adjacent to an activating group) is 1. The van der Waals surface area contributed by atoms with Gasteiger partial charge in [-0.15, -0.1) is 0 Å². The molecule has 10 heteroatoms. The van der Waals surface area contributed by atoms with Crippen LogP contribution >= 0.6 is 15.9 Å². The summed E-state index contributed by atoms with van der Waals surface area (Å²) in [6.45, 7) is 4.53. The van der Waals surface area contributed by atoms with Gasteiger partial charge in [0.1, 0.15) is 6.54 Å². The number of rotatable bonds is 7. The fourth-order valence-electron chi connectivity index (χ4n) is 3.81. The second kappa shape index (κ2) is 9.38. The van der Waals surface area contributed by atoms with Crippen LogP contribution in [0.3, 0.4) is 0 Å². The molecule has 0 unspecified atom stereocenters. The molecule has 4 rings (SSSR count). The van der Waals surface area contributed by atoms with Crippen LogP contribution in [-0.2, 0) is 24.4 Å². The van der Waals surface area contributed by atoms with E-state index in [2.05, 4.69) is 31.1 Å². The predicted octanol–water partition coefficient (Wildman–Crippen LogP) is 4.98. The number of halogens is 3. The molecule has 0 atom stereocenters. The highest BCUT2D eigenvalue weighted by atomic mass is 79.9. The van der Waals surface area contributed by atoms with Crippen molar-refractivity contribution in [1.82, 2.24) is 29.4 Å². The zero-order valence-electron chi connectivity index (χ0n) is 18.5. The van der Waals surface area contributed by atoms with Gasteiger partial charge >= 0.3 is 0 Å². The van der Waals surface area contributed by atoms with Gasteiger partial charge in [-0.2, -0.15) is 10.2 Å². The minimum absolute atomic E-state index is 0.118. The van der Waals surface area contributed by atoms with Crippen LogP contribution in [0, 0.1) is 6.92 Å². The summed E-state index contributed by atoms with van der Waals surface area (Å²) in [6.07, 6.45) is -0.998. The van der Waals surface area contributed by atoms with Gasteiger partial charge in [0.05, 0.1) is 39.7 Å². The van der Waals surface area contributed by atoms with Crippen molar-refractivity contribution in [1.29, 1.82) is 0 Å². The van der Waals surface area contributed by atoms with Crippen LogP contribution in [0.4, 0.5) is 8.78 Å². The molecule has 0 bridgehead atoms. The molecule has 33 heavy (non-hydrogen) atoms. The van der Waals surface area contributed by atoms with E-state index in [9.17, 15) is 13.6 Å². The van der Waals surface area contributed by atoms with Gasteiger partial charge in [-0.3, -0.25) is 9.48 Å². The Labute approximate surface area is 198 Å². The first-order valence-electron chi connectivity index (χ1n) is 10.5. The van der Waals surface area contributed by atoms with Crippen molar-refractivity contribution < 1.29 is 13.6 Å². The van der Waals surface area contributed by atoms with E-state index in [1.54, 1.807) is 25.1 Å². The Hall–Kier alpha value is -3.14. The van der Waals surface area contributed by atoms with Gasteiger partial charge in [-0.1, -0.05) is 30.3 Å². The fraction of sp³-hybridized carbons (Fsp3) is 0.304. The van der Waals surface area contributed by atoms with Crippen LogP contribution in [0.5, 0.6) is 0 Å². The minimum atomic E-state index is -2.70. The highest BCUT2D eigenvalue weighted by Crippen LogP contribution is 2.33. The maximum Gasteiger partial charge on any atom is 0.264 e. The van der Waals surface area contributed by atoms with E-state index in [4.69, 9.17) is 0 Å². The molecule has 0 radical (unpaired) electrons. The molecule has 7 nitrogen and oxygen atoms in total. The zero-order chi connectivity index (χ0) is 23.7. The molecule has 0 N–H and O–H groups in total. The number of aryl methyl sites for hydroxylation is 2. The predicted molar refractivity (Wildman–Crippen MR) is 125 cm³/mol. The summed E-state index contributed by atoms with van der Waals surface area (Å²) in [6, 6.07) is 10.5. The first-order chi connectivity index (χ1) is 15.8. The third-order valence-electron chi connectivity index (χ3n) is 5.51. The molecule has 0 spiro atoms. The molecule has 1 amide bonds. The molecular formula is C23H23BrF2N6O. The van der Waals surface area contributed by atoms with Crippen LogP contribution in [0.2, 0.25) is 0 Å². The summed E-state index contributed by atoms with van der Waals surface area (Å²) >= 11 is 3.47. The molecule has 0 aliphatic carbocycles. The summed E-state index contributed by atoms with van der Waals surface area (Å²) in [4.78, 5) is 19.2. The number of nitrogens with zero attached hydrogens (tertiary/aromatic N) is 6. The second-order valence-electron chi connectivity index (χ2n) is 7.71. The lowest BCUT2D eigenvalue weighted by atomic mass is 10.1. The van der Waals surface area contributed by atoms with Crippen molar-refractivity contribution in [2.24, 2.45) is 0 Å². The topological polar surface area (TPSA) is 68.8 Å². The standard InChI is InChI=1S/C23H23BrF2N6O/c1-4-31-19(17(24)11-27-31)12-30(3)20(33)13-32-23-21(14(2)29-32)16(22(25)26)10-18(28-23)15-8-6-5-7-9-15/h5-11,22H,4,12-13H2,1-3H3. The Morgan fingerprint density at radius 3 is 2.61 bits per heavy atom. The quantitative estimate of drug-likeness (QED) is 0.347. The summed E-state index contributed by atoms with van der Waals surface area (Å²) < 4.78 is 31.9. The van der Waals surface area contributed by atoms with Gasteiger partial charge in [-0.05, 0) is 35.8 Å². The van der Waals surface area contributed by atoms with E-state index < -0.39 is 6.43 Å². The summed E-state index contributed by atoms with van der Waals surface area (Å²) in [5.74, 6) is -0.222. The lowest BCUT2D eigenvalue weighted by molar-refractivity contribution is -0.131. The Balaban J connectivity index is 1.69. The SMILES string of the molecule is CCn1ncc(Br)c1CN(C)C(=O)Cn1nc(C)c2c(C(F)F)cc(-c3ccccc3)nc21. The number of hydrogen-bond acceptors (Lipinski definition) is 4. The number of aromatic nitrogens is 5. The molecule has 0 saturated heterocycles. The van der Waals surface area contributed by atoms with E-state index in [1.807, 2.05) is 41.9 Å². The summed E-state index contributed by atoms with van der Waals surface area (Å²) in [5.41, 5.74) is 2.54. The van der Waals surface area contributed by atoms with Gasteiger partial charge in [0, 0.05) is 24.7 Å². The van der Waals surface area contributed by atoms with Crippen LogP contribution in [0.15, 0.2) is 47.1 Å². The van der Waals surface area contributed by atoms with Crippen molar-refractivity contribution in [2.45, 2.75) is 39.9 Å². The van der Waals surface area contributed by atoms with Crippen molar-refractivity contribution in [3.63, 3.8) is 0 Å². The summed E-state index contributed by atoms with van der Waals surface area (Å²) in [7, 11) is 1.69. The molecule has 0 saturated carbocycles. The molecule has 0 fully saturated rings. The second-order valence-corrected chi connectivity index (χ2v) is 8.56. The van der Waals surface area contributed by atoms with Gasteiger partial charge < -0.3 is 4.90 Å². The fourth-order valence-corrected chi connectivity index (χ4v) is 4.23. The van der Waals surface area contributed by atoms with Crippen LogP contribution in [-0.4, -0.2) is 42.4 Å². The Kier molecular flexibility index (Phi) is 6.55. The van der Waals surface area contributed by atoms with Crippen LogP contribution in [0.1, 0.15) is 30.3 Å². The van der Waals surface area contributed by atoms with Gasteiger partial charge in [0.15, 0.2) is 5.65 Å². The first-order valence-corrected chi connectivity index (χ1v) is 11.2. The van der Waals surface area contributed by atoms with E-state index >= 15 is 0 Å². The van der Waals surface area contributed by atoms with Gasteiger partial charge in [0.25, 0.3) is 6.43 Å². The molecular weight excluding hydrogens is 494 g/mol. The Morgan fingerprint density at radius 2 is 1.94 bits per heavy atom. The third kappa shape index (κ3) is 4.52. The largest absolute Gasteiger partial charge is 0.338 e. The van der Waals surface area contributed by atoms with Crippen molar-refractivity contribution in [3.05, 3.63) is 64.0 Å².